The van der Waals surface area contributed by atoms with Gasteiger partial charge in [-0.15, -0.1) is 0 Å². The Labute approximate surface area is 200 Å². The summed E-state index contributed by atoms with van der Waals surface area (Å²) in [5.74, 6) is 0. The summed E-state index contributed by atoms with van der Waals surface area (Å²) >= 11 is 1.71. The minimum absolute atomic E-state index is 0.341. The maximum absolute atomic E-state index is 12.7. The van der Waals surface area contributed by atoms with Gasteiger partial charge in [-0.1, -0.05) is 30.0 Å². The maximum Gasteiger partial charge on any atom is 0.242 e. The number of piperazine rings is 1. The van der Waals surface area contributed by atoms with Crippen LogP contribution in [0.15, 0.2) is 57.2 Å². The third kappa shape index (κ3) is 6.58. The molecule has 2 heterocycles. The standard InChI is InChI=1S/C21H25N3O2S2.CH4O3S/c1-22(2)28(25,26)17-8-9-21-18(15-17)19(24-12-10-23(3)11-13-24)14-16-6-4-5-7-20(16)27-21;1-5(2,3)4/h4-9,14-15H,10-13H2,1-3H3;1H3,(H,2,3,4). The summed E-state index contributed by atoms with van der Waals surface area (Å²) in [6, 6.07) is 13.9. The molecule has 4 rings (SSSR count). The molecule has 2 aliphatic heterocycles. The van der Waals surface area contributed by atoms with Crippen LogP contribution in [0.5, 0.6) is 0 Å². The molecule has 2 aliphatic rings. The van der Waals surface area contributed by atoms with Crippen LogP contribution in [-0.4, -0.2) is 84.2 Å². The molecular weight excluding hydrogens is 482 g/mol. The molecule has 180 valence electrons. The Balaban J connectivity index is 0.000000555. The van der Waals surface area contributed by atoms with E-state index >= 15 is 0 Å². The largest absolute Gasteiger partial charge is 0.748 e. The second kappa shape index (κ2) is 10.2. The molecule has 2 aromatic carbocycles. The second-order valence-corrected chi connectivity index (χ2v) is 12.9. The number of hydrogen-bond acceptors (Lipinski definition) is 7. The molecular formula is C22H29N3O5S3. The van der Waals surface area contributed by atoms with Gasteiger partial charge in [-0.3, -0.25) is 0 Å². The van der Waals surface area contributed by atoms with E-state index in [2.05, 4.69) is 42.3 Å². The van der Waals surface area contributed by atoms with Gasteiger partial charge in [0.15, 0.2) is 0 Å². The zero-order valence-corrected chi connectivity index (χ0v) is 21.6. The number of sulfonamides is 1. The van der Waals surface area contributed by atoms with Crippen LogP contribution in [0.2, 0.25) is 0 Å². The van der Waals surface area contributed by atoms with E-state index in [0.29, 0.717) is 11.2 Å². The highest BCUT2D eigenvalue weighted by Crippen LogP contribution is 2.42. The summed E-state index contributed by atoms with van der Waals surface area (Å²) in [4.78, 5) is 6.57. The van der Waals surface area contributed by atoms with E-state index in [4.69, 9.17) is 13.0 Å². The van der Waals surface area contributed by atoms with Crippen LogP contribution in [-0.2, 0) is 20.1 Å². The van der Waals surface area contributed by atoms with Crippen molar-refractivity contribution >= 4 is 43.7 Å². The van der Waals surface area contributed by atoms with Gasteiger partial charge in [0.25, 0.3) is 0 Å². The third-order valence-corrected chi connectivity index (χ3v) is 8.37. The Bertz CT molecular complexity index is 1240. The lowest BCUT2D eigenvalue weighted by Crippen LogP contribution is -3.11. The first-order valence-corrected chi connectivity index (χ1v) is 14.5. The van der Waals surface area contributed by atoms with E-state index < -0.39 is 20.1 Å². The van der Waals surface area contributed by atoms with Gasteiger partial charge in [-0.2, -0.15) is 0 Å². The quantitative estimate of drug-likeness (QED) is 0.611. The van der Waals surface area contributed by atoms with Crippen molar-refractivity contribution < 1.29 is 26.3 Å². The third-order valence-electron chi connectivity index (χ3n) is 5.39. The zero-order valence-electron chi connectivity index (χ0n) is 19.1. The molecule has 0 saturated carbocycles. The molecule has 1 fully saturated rings. The smallest absolute Gasteiger partial charge is 0.242 e. The lowest BCUT2D eigenvalue weighted by Gasteiger charge is -2.34. The van der Waals surface area contributed by atoms with Crippen LogP contribution < -0.4 is 4.90 Å². The molecule has 0 aliphatic carbocycles. The van der Waals surface area contributed by atoms with E-state index in [9.17, 15) is 8.42 Å². The van der Waals surface area contributed by atoms with Crippen molar-refractivity contribution in [2.45, 2.75) is 14.7 Å². The van der Waals surface area contributed by atoms with Crippen LogP contribution in [0.25, 0.3) is 11.8 Å². The number of nitrogens with zero attached hydrogens (tertiary/aromatic N) is 2. The van der Waals surface area contributed by atoms with Crippen molar-refractivity contribution in [1.82, 2.24) is 9.21 Å². The van der Waals surface area contributed by atoms with Gasteiger partial charge in [0.05, 0.1) is 48.2 Å². The lowest BCUT2D eigenvalue weighted by atomic mass is 10.1. The second-order valence-electron chi connectivity index (χ2n) is 8.26. The first-order chi connectivity index (χ1) is 15.4. The molecule has 0 aromatic heterocycles. The highest BCUT2D eigenvalue weighted by atomic mass is 32.2. The summed E-state index contributed by atoms with van der Waals surface area (Å²) in [6.07, 6.45) is 2.83. The number of fused-ring (bicyclic) bond motifs is 2. The average Bonchev–Trinajstić information content (AvgIpc) is 2.89. The molecule has 0 bridgehead atoms. The zero-order chi connectivity index (χ0) is 24.4. The topological polar surface area (TPSA) is 102 Å². The number of benzene rings is 2. The molecule has 0 spiro atoms. The van der Waals surface area contributed by atoms with Crippen LogP contribution in [0.4, 0.5) is 0 Å². The molecule has 0 atom stereocenters. The fraction of sp³-hybridized carbons (Fsp3) is 0.364. The van der Waals surface area contributed by atoms with Crippen molar-refractivity contribution in [2.24, 2.45) is 0 Å². The monoisotopic (exact) mass is 511 g/mol. The SMILES string of the molecule is CN(C)S(=O)(=O)c1ccc2c(c1)C(N1CC[NH+](C)CC1)=Cc1ccccc1S2.CS(=O)(=O)[O-]. The van der Waals surface area contributed by atoms with E-state index in [0.717, 1.165) is 42.3 Å². The van der Waals surface area contributed by atoms with Gasteiger partial charge in [-0.25, -0.2) is 21.1 Å². The fourth-order valence-electron chi connectivity index (χ4n) is 3.60. The molecule has 1 N–H and O–H groups in total. The number of rotatable bonds is 3. The fourth-order valence-corrected chi connectivity index (χ4v) is 5.56. The number of hydrogen-bond donors (Lipinski definition) is 1. The molecule has 8 nitrogen and oxygen atoms in total. The number of quaternary nitrogens is 1. The van der Waals surface area contributed by atoms with Crippen LogP contribution >= 0.6 is 11.8 Å². The predicted octanol–water partition coefficient (Wildman–Crippen LogP) is 0.891. The van der Waals surface area contributed by atoms with E-state index in [1.165, 1.54) is 19.7 Å². The summed E-state index contributed by atoms with van der Waals surface area (Å²) < 4.78 is 54.0. The van der Waals surface area contributed by atoms with Gasteiger partial charge in [0, 0.05) is 41.4 Å². The lowest BCUT2D eigenvalue weighted by molar-refractivity contribution is -0.883. The van der Waals surface area contributed by atoms with Crippen molar-refractivity contribution in [1.29, 1.82) is 0 Å². The molecule has 33 heavy (non-hydrogen) atoms. The normalized spacial score (nSPS) is 16.8. The first kappa shape index (κ1) is 25.7. The van der Waals surface area contributed by atoms with Gasteiger partial charge in [0.1, 0.15) is 0 Å². The number of likely N-dealkylation sites (N-methyl/N-ethyl adjacent to an activating group) is 1. The summed E-state index contributed by atoms with van der Waals surface area (Å²) in [7, 11) is -2.02. The Kier molecular flexibility index (Phi) is 7.92. The van der Waals surface area contributed by atoms with Crippen LogP contribution in [0.1, 0.15) is 11.1 Å². The Hall–Kier alpha value is -1.89. The minimum Gasteiger partial charge on any atom is -0.748 e. The predicted molar refractivity (Wildman–Crippen MR) is 130 cm³/mol. The Morgan fingerprint density at radius 1 is 1.00 bits per heavy atom. The number of nitrogens with one attached hydrogen (secondary N) is 1. The Morgan fingerprint density at radius 3 is 2.21 bits per heavy atom. The molecule has 2 aromatic rings. The van der Waals surface area contributed by atoms with E-state index in [1.807, 2.05) is 12.1 Å². The van der Waals surface area contributed by atoms with Gasteiger partial charge < -0.3 is 14.4 Å². The van der Waals surface area contributed by atoms with E-state index in [1.54, 1.807) is 31.9 Å². The van der Waals surface area contributed by atoms with Crippen LogP contribution in [0.3, 0.4) is 0 Å². The van der Waals surface area contributed by atoms with Crippen LogP contribution in [0, 0.1) is 0 Å². The van der Waals surface area contributed by atoms with Gasteiger partial charge in [0.2, 0.25) is 10.0 Å². The molecule has 0 unspecified atom stereocenters. The van der Waals surface area contributed by atoms with Crippen molar-refractivity contribution in [3.63, 3.8) is 0 Å². The first-order valence-electron chi connectivity index (χ1n) is 10.4. The van der Waals surface area contributed by atoms with E-state index in [-0.39, 0.29) is 0 Å². The highest BCUT2D eigenvalue weighted by Gasteiger charge is 2.26. The highest BCUT2D eigenvalue weighted by molar-refractivity contribution is 7.99. The van der Waals surface area contributed by atoms with Crippen molar-refractivity contribution in [3.05, 3.63) is 53.6 Å². The van der Waals surface area contributed by atoms with Gasteiger partial charge in [-0.05, 0) is 35.9 Å². The van der Waals surface area contributed by atoms with Crippen molar-refractivity contribution in [3.8, 4) is 0 Å². The average molecular weight is 512 g/mol. The Morgan fingerprint density at radius 2 is 1.61 bits per heavy atom. The molecule has 1 saturated heterocycles. The molecule has 0 amide bonds. The molecule has 0 radical (unpaired) electrons. The minimum atomic E-state index is -3.92. The maximum atomic E-state index is 12.7. The summed E-state index contributed by atoms with van der Waals surface area (Å²) in [6.45, 7) is 4.09. The molecule has 11 heteroatoms. The van der Waals surface area contributed by atoms with Crippen molar-refractivity contribution in [2.75, 3.05) is 53.6 Å². The summed E-state index contributed by atoms with van der Waals surface area (Å²) in [5, 5.41) is 0. The van der Waals surface area contributed by atoms with Gasteiger partial charge >= 0.3 is 0 Å². The summed E-state index contributed by atoms with van der Waals surface area (Å²) in [5.41, 5.74) is 3.31.